The van der Waals surface area contributed by atoms with Crippen LogP contribution in [-0.2, 0) is 33.8 Å². The van der Waals surface area contributed by atoms with Gasteiger partial charge in [0.15, 0.2) is 17.4 Å². The van der Waals surface area contributed by atoms with E-state index in [1.165, 1.54) is 19.2 Å². The van der Waals surface area contributed by atoms with Crippen LogP contribution in [0.2, 0.25) is 0 Å². The number of halogens is 3. The summed E-state index contributed by atoms with van der Waals surface area (Å²) in [7, 11) is 1.26. The van der Waals surface area contributed by atoms with Gasteiger partial charge in [-0.25, -0.2) is 8.78 Å². The number of methoxy groups -OCH3 is 1. The predicted molar refractivity (Wildman–Crippen MR) is 176 cm³/mol. The molecule has 1 aliphatic carbocycles. The highest BCUT2D eigenvalue weighted by molar-refractivity contribution is 6.21. The summed E-state index contributed by atoms with van der Waals surface area (Å²) in [6.45, 7) is 3.68. The highest BCUT2D eigenvalue weighted by atomic mass is 35.5. The van der Waals surface area contributed by atoms with Gasteiger partial charge < -0.3 is 18.9 Å². The molecule has 7 heteroatoms. The lowest BCUT2D eigenvalue weighted by atomic mass is 9.69. The van der Waals surface area contributed by atoms with Crippen LogP contribution in [0.25, 0.3) is 0 Å². The fourth-order valence-electron chi connectivity index (χ4n) is 7.19. The molecule has 7 atom stereocenters. The van der Waals surface area contributed by atoms with E-state index >= 15 is 0 Å². The summed E-state index contributed by atoms with van der Waals surface area (Å²) >= 11 is 7.15. The molecule has 0 radical (unpaired) electrons. The smallest absolute Gasteiger partial charge is 0.190 e. The maximum absolute atomic E-state index is 14.7. The van der Waals surface area contributed by atoms with E-state index in [2.05, 4.69) is 43.3 Å². The van der Waals surface area contributed by atoms with E-state index in [1.54, 1.807) is 0 Å². The normalized spacial score (nSPS) is 26.0. The number of benzene rings is 4. The number of ether oxygens (including phenoxy) is 4. The summed E-state index contributed by atoms with van der Waals surface area (Å²) in [4.78, 5) is 0. The SMILES string of the molecule is COc1c(F)cc(CC2CC(C3OC(COCc4ccccc4)CC(OCc4ccccc4)[C@H]3C)c3ccccc3C2Cl)cc1F. The van der Waals surface area contributed by atoms with Crippen LogP contribution < -0.4 is 4.74 Å². The Hall–Kier alpha value is -3.29. The van der Waals surface area contributed by atoms with E-state index in [0.717, 1.165) is 28.7 Å². The van der Waals surface area contributed by atoms with Gasteiger partial charge >= 0.3 is 0 Å². The fraction of sp³-hybridized carbons (Fsp3) is 0.385. The third-order valence-electron chi connectivity index (χ3n) is 9.49. The third kappa shape index (κ3) is 7.47. The van der Waals surface area contributed by atoms with Crippen LogP contribution in [0.5, 0.6) is 5.75 Å². The first-order chi connectivity index (χ1) is 22.4. The number of hydrogen-bond donors (Lipinski definition) is 0. The standard InChI is InChI=1S/C39H41ClF2O4/c1-25-36(45-23-27-13-7-4-8-14-27)21-30(24-44-22-26-11-5-3-6-12-26)46-38(25)33-20-29(37(40)32-16-10-9-15-31(32)33)17-28-18-34(41)39(43-2)35(42)19-28/h3-16,18-19,25,29-30,33,36-38H,17,20-24H2,1-2H3/t25-,29?,30?,33?,36?,37?,38?/m1/s1. The molecule has 6 rings (SSSR count). The van der Waals surface area contributed by atoms with Crippen LogP contribution in [0.4, 0.5) is 8.78 Å². The van der Waals surface area contributed by atoms with Crippen molar-refractivity contribution in [2.45, 2.75) is 69.0 Å². The van der Waals surface area contributed by atoms with E-state index < -0.39 is 11.6 Å². The van der Waals surface area contributed by atoms with Crippen molar-refractivity contribution in [1.29, 1.82) is 0 Å². The first-order valence-corrected chi connectivity index (χ1v) is 16.5. The van der Waals surface area contributed by atoms with Crippen molar-refractivity contribution in [2.75, 3.05) is 13.7 Å². The van der Waals surface area contributed by atoms with Crippen LogP contribution >= 0.6 is 11.6 Å². The number of hydrogen-bond acceptors (Lipinski definition) is 4. The summed E-state index contributed by atoms with van der Waals surface area (Å²) < 4.78 is 54.0. The molecule has 0 aromatic heterocycles. The molecule has 2 aliphatic rings. The summed E-state index contributed by atoms with van der Waals surface area (Å²) in [6.07, 6.45) is 1.48. The van der Waals surface area contributed by atoms with Gasteiger partial charge in [-0.05, 0) is 58.7 Å². The molecule has 1 heterocycles. The molecular weight excluding hydrogens is 606 g/mol. The van der Waals surface area contributed by atoms with Crippen molar-refractivity contribution in [2.24, 2.45) is 11.8 Å². The van der Waals surface area contributed by atoms with Gasteiger partial charge in [-0.2, -0.15) is 0 Å². The molecular formula is C39H41ClF2O4. The second-order valence-corrected chi connectivity index (χ2v) is 13.1. The minimum Gasteiger partial charge on any atom is -0.491 e. The second-order valence-electron chi connectivity index (χ2n) is 12.6. The van der Waals surface area contributed by atoms with Crippen molar-refractivity contribution < 1.29 is 27.7 Å². The largest absolute Gasteiger partial charge is 0.491 e. The molecule has 1 saturated heterocycles. The van der Waals surface area contributed by atoms with Crippen molar-refractivity contribution in [3.63, 3.8) is 0 Å². The van der Waals surface area contributed by atoms with E-state index in [9.17, 15) is 8.78 Å². The van der Waals surface area contributed by atoms with Crippen LogP contribution in [0.3, 0.4) is 0 Å². The Morgan fingerprint density at radius 2 is 1.39 bits per heavy atom. The minimum atomic E-state index is -0.711. The molecule has 4 aromatic rings. The van der Waals surface area contributed by atoms with Gasteiger partial charge in [0.05, 0.1) is 50.6 Å². The van der Waals surface area contributed by atoms with Crippen LogP contribution in [0, 0.1) is 23.5 Å². The topological polar surface area (TPSA) is 36.9 Å². The lowest BCUT2D eigenvalue weighted by Crippen LogP contribution is -2.49. The molecule has 242 valence electrons. The molecule has 0 saturated carbocycles. The first kappa shape index (κ1) is 32.6. The zero-order valence-corrected chi connectivity index (χ0v) is 27.0. The van der Waals surface area contributed by atoms with Crippen LogP contribution in [0.1, 0.15) is 58.9 Å². The van der Waals surface area contributed by atoms with Gasteiger partial charge in [0, 0.05) is 18.3 Å². The predicted octanol–water partition coefficient (Wildman–Crippen LogP) is 9.20. The number of fused-ring (bicyclic) bond motifs is 1. The van der Waals surface area contributed by atoms with Crippen molar-refractivity contribution >= 4 is 11.6 Å². The fourth-order valence-corrected chi connectivity index (χ4v) is 7.58. The molecule has 0 amide bonds. The first-order valence-electron chi connectivity index (χ1n) is 16.1. The molecule has 0 bridgehead atoms. The molecule has 0 spiro atoms. The Bertz CT molecular complexity index is 1550. The Morgan fingerprint density at radius 3 is 2.04 bits per heavy atom. The lowest BCUT2D eigenvalue weighted by molar-refractivity contribution is -0.177. The van der Waals surface area contributed by atoms with Gasteiger partial charge in [0.1, 0.15) is 0 Å². The van der Waals surface area contributed by atoms with E-state index in [-0.39, 0.29) is 47.2 Å². The van der Waals surface area contributed by atoms with Crippen molar-refractivity contribution in [3.8, 4) is 5.75 Å². The van der Waals surface area contributed by atoms with E-state index in [4.69, 9.17) is 30.5 Å². The average molecular weight is 647 g/mol. The zero-order chi connectivity index (χ0) is 32.0. The number of rotatable bonds is 11. The quantitative estimate of drug-likeness (QED) is 0.152. The second kappa shape index (κ2) is 15.1. The molecule has 46 heavy (non-hydrogen) atoms. The molecule has 0 N–H and O–H groups in total. The Labute approximate surface area is 275 Å². The monoisotopic (exact) mass is 646 g/mol. The van der Waals surface area contributed by atoms with Crippen molar-refractivity contribution in [1.82, 2.24) is 0 Å². The maximum atomic E-state index is 14.7. The summed E-state index contributed by atoms with van der Waals surface area (Å²) in [5, 5.41) is -0.310. The average Bonchev–Trinajstić information content (AvgIpc) is 3.07. The third-order valence-corrected chi connectivity index (χ3v) is 10.1. The van der Waals surface area contributed by atoms with Gasteiger partial charge in [-0.15, -0.1) is 11.6 Å². The summed E-state index contributed by atoms with van der Waals surface area (Å²) in [6, 6.07) is 31.3. The van der Waals surface area contributed by atoms with Crippen LogP contribution in [-0.4, -0.2) is 32.0 Å². The molecule has 1 aliphatic heterocycles. The van der Waals surface area contributed by atoms with Crippen molar-refractivity contribution in [3.05, 3.63) is 137 Å². The zero-order valence-electron chi connectivity index (χ0n) is 26.3. The highest BCUT2D eigenvalue weighted by Crippen LogP contribution is 2.50. The summed E-state index contributed by atoms with van der Waals surface area (Å²) in [5.41, 5.74) is 5.00. The summed E-state index contributed by atoms with van der Waals surface area (Å²) in [5.74, 6) is -1.77. The minimum absolute atomic E-state index is 0.0129. The molecule has 4 aromatic carbocycles. The molecule has 1 fully saturated rings. The molecule has 6 unspecified atom stereocenters. The number of alkyl halides is 1. The Kier molecular flexibility index (Phi) is 10.7. The van der Waals surface area contributed by atoms with Gasteiger partial charge in [0.2, 0.25) is 0 Å². The van der Waals surface area contributed by atoms with Gasteiger partial charge in [-0.1, -0.05) is 91.9 Å². The Balaban J connectivity index is 1.26. The maximum Gasteiger partial charge on any atom is 0.190 e. The van der Waals surface area contributed by atoms with E-state index in [0.29, 0.717) is 38.2 Å². The van der Waals surface area contributed by atoms with E-state index in [1.807, 2.05) is 48.5 Å². The Morgan fingerprint density at radius 1 is 0.783 bits per heavy atom. The molecule has 4 nitrogen and oxygen atoms in total. The van der Waals surface area contributed by atoms with Gasteiger partial charge in [-0.3, -0.25) is 0 Å². The van der Waals surface area contributed by atoms with Crippen LogP contribution in [0.15, 0.2) is 97.1 Å². The van der Waals surface area contributed by atoms with Gasteiger partial charge in [0.25, 0.3) is 0 Å². The lowest BCUT2D eigenvalue weighted by Gasteiger charge is -2.47. The highest BCUT2D eigenvalue weighted by Gasteiger charge is 2.45.